The van der Waals surface area contributed by atoms with Gasteiger partial charge in [-0.1, -0.05) is 46.0 Å². The van der Waals surface area contributed by atoms with Crippen LogP contribution < -0.4 is 0 Å². The molecule has 0 N–H and O–H groups in total. The van der Waals surface area contributed by atoms with Gasteiger partial charge >= 0.3 is 5.97 Å². The lowest BCUT2D eigenvalue weighted by atomic mass is 9.98. The van der Waals surface area contributed by atoms with Crippen LogP contribution in [0.4, 0.5) is 0 Å². The van der Waals surface area contributed by atoms with E-state index in [1.54, 1.807) is 0 Å². The summed E-state index contributed by atoms with van der Waals surface area (Å²) in [6, 6.07) is 0. The van der Waals surface area contributed by atoms with Crippen molar-refractivity contribution in [2.75, 3.05) is 6.61 Å². The predicted molar refractivity (Wildman–Crippen MR) is 63.8 cm³/mol. The highest BCUT2D eigenvalue weighted by atomic mass is 16.5. The lowest BCUT2D eigenvalue weighted by Crippen LogP contribution is -2.06. The molecule has 0 aliphatic heterocycles. The second-order valence-electron chi connectivity index (χ2n) is 4.30. The van der Waals surface area contributed by atoms with Crippen LogP contribution in [0.3, 0.4) is 0 Å². The van der Waals surface area contributed by atoms with Crippen LogP contribution in [0, 0.1) is 5.92 Å². The van der Waals surface area contributed by atoms with Gasteiger partial charge in [0.2, 0.25) is 0 Å². The van der Waals surface area contributed by atoms with E-state index in [0.717, 1.165) is 6.42 Å². The molecule has 15 heavy (non-hydrogen) atoms. The van der Waals surface area contributed by atoms with Crippen molar-refractivity contribution in [2.45, 2.75) is 65.7 Å². The van der Waals surface area contributed by atoms with Crippen molar-refractivity contribution in [1.29, 1.82) is 0 Å². The molecule has 90 valence electrons. The Hall–Kier alpha value is -0.530. The van der Waals surface area contributed by atoms with Crippen molar-refractivity contribution < 1.29 is 9.53 Å². The van der Waals surface area contributed by atoms with Gasteiger partial charge in [-0.2, -0.15) is 0 Å². The summed E-state index contributed by atoms with van der Waals surface area (Å²) in [6.07, 6.45) is 8.08. The van der Waals surface area contributed by atoms with Crippen LogP contribution >= 0.6 is 0 Å². The lowest BCUT2D eigenvalue weighted by Gasteiger charge is -2.10. The van der Waals surface area contributed by atoms with E-state index < -0.39 is 0 Å². The predicted octanol–water partition coefficient (Wildman–Crippen LogP) is 3.94. The quantitative estimate of drug-likeness (QED) is 0.429. The van der Waals surface area contributed by atoms with Crippen molar-refractivity contribution in [3.05, 3.63) is 0 Å². The second-order valence-corrected chi connectivity index (χ2v) is 4.30. The van der Waals surface area contributed by atoms with Crippen molar-refractivity contribution in [2.24, 2.45) is 5.92 Å². The molecule has 0 heterocycles. The fourth-order valence-electron chi connectivity index (χ4n) is 1.66. The minimum Gasteiger partial charge on any atom is -0.466 e. The molecule has 0 rings (SSSR count). The zero-order valence-electron chi connectivity index (χ0n) is 10.6. The van der Waals surface area contributed by atoms with Crippen LogP contribution in [0.25, 0.3) is 0 Å². The zero-order valence-corrected chi connectivity index (χ0v) is 10.6. The molecule has 0 radical (unpaired) electrons. The van der Waals surface area contributed by atoms with Gasteiger partial charge in [0, 0.05) is 6.42 Å². The van der Waals surface area contributed by atoms with Gasteiger partial charge in [0.25, 0.3) is 0 Å². The summed E-state index contributed by atoms with van der Waals surface area (Å²) in [5, 5.41) is 0. The molecule has 2 heteroatoms. The Morgan fingerprint density at radius 3 is 2.47 bits per heavy atom. The minimum atomic E-state index is -0.0436. The third-order valence-corrected chi connectivity index (χ3v) is 2.70. The number of rotatable bonds is 9. The van der Waals surface area contributed by atoms with E-state index in [9.17, 15) is 4.79 Å². The van der Waals surface area contributed by atoms with Gasteiger partial charge < -0.3 is 4.74 Å². The van der Waals surface area contributed by atoms with E-state index in [1.807, 2.05) is 6.92 Å². The van der Waals surface area contributed by atoms with Gasteiger partial charge in [0.15, 0.2) is 0 Å². The van der Waals surface area contributed by atoms with Gasteiger partial charge in [0.05, 0.1) is 6.61 Å². The Kier molecular flexibility index (Phi) is 9.65. The van der Waals surface area contributed by atoms with E-state index in [1.165, 1.54) is 32.1 Å². The highest BCUT2D eigenvalue weighted by Gasteiger charge is 2.06. The number of carbonyl (C=O) groups excluding carboxylic acids is 1. The normalized spacial score (nSPS) is 12.5. The minimum absolute atomic E-state index is 0.0436. The second kappa shape index (κ2) is 10.0. The fraction of sp³-hybridized carbons (Fsp3) is 0.923. The van der Waals surface area contributed by atoms with Crippen LogP contribution in [0.2, 0.25) is 0 Å². The third-order valence-electron chi connectivity index (χ3n) is 2.70. The molecule has 0 spiro atoms. The SMILES string of the molecule is CCCCCCC(C)CCC(=O)OCC. The smallest absolute Gasteiger partial charge is 0.305 e. The van der Waals surface area contributed by atoms with E-state index in [4.69, 9.17) is 4.74 Å². The van der Waals surface area contributed by atoms with Crippen molar-refractivity contribution >= 4 is 5.97 Å². The number of hydrogen-bond acceptors (Lipinski definition) is 2. The summed E-state index contributed by atoms with van der Waals surface area (Å²) in [5.41, 5.74) is 0. The molecule has 0 saturated heterocycles. The standard InChI is InChI=1S/C13H26O2/c1-4-6-7-8-9-12(3)10-11-13(14)15-5-2/h12H,4-11H2,1-3H3. The molecular formula is C13H26O2. The van der Waals surface area contributed by atoms with Gasteiger partial charge in [-0.25, -0.2) is 0 Å². The number of carbonyl (C=O) groups is 1. The van der Waals surface area contributed by atoms with Crippen LogP contribution in [-0.2, 0) is 9.53 Å². The Labute approximate surface area is 94.4 Å². The number of ether oxygens (including phenoxy) is 1. The molecule has 0 fully saturated rings. The molecule has 0 amide bonds. The van der Waals surface area contributed by atoms with Gasteiger partial charge in [0.1, 0.15) is 0 Å². The topological polar surface area (TPSA) is 26.3 Å². The average Bonchev–Trinajstić information content (AvgIpc) is 2.22. The first kappa shape index (κ1) is 14.5. The molecule has 2 nitrogen and oxygen atoms in total. The summed E-state index contributed by atoms with van der Waals surface area (Å²) < 4.78 is 4.90. The van der Waals surface area contributed by atoms with E-state index in [2.05, 4.69) is 13.8 Å². The number of esters is 1. The molecular weight excluding hydrogens is 188 g/mol. The molecule has 0 aliphatic carbocycles. The highest BCUT2D eigenvalue weighted by Crippen LogP contribution is 2.15. The van der Waals surface area contributed by atoms with Gasteiger partial charge in [-0.05, 0) is 19.3 Å². The lowest BCUT2D eigenvalue weighted by molar-refractivity contribution is -0.143. The summed E-state index contributed by atoms with van der Waals surface area (Å²) in [7, 11) is 0. The number of unbranched alkanes of at least 4 members (excludes halogenated alkanes) is 3. The maximum atomic E-state index is 11.1. The molecule has 0 aromatic carbocycles. The molecule has 0 aliphatic rings. The average molecular weight is 214 g/mol. The molecule has 0 aromatic rings. The monoisotopic (exact) mass is 214 g/mol. The first-order chi connectivity index (χ1) is 7.20. The summed E-state index contributed by atoms with van der Waals surface area (Å²) in [4.78, 5) is 11.1. The van der Waals surface area contributed by atoms with Gasteiger partial charge in [-0.15, -0.1) is 0 Å². The molecule has 1 atom stereocenters. The summed E-state index contributed by atoms with van der Waals surface area (Å²) >= 11 is 0. The van der Waals surface area contributed by atoms with Crippen molar-refractivity contribution in [3.8, 4) is 0 Å². The first-order valence-electron chi connectivity index (χ1n) is 6.36. The molecule has 0 saturated carbocycles. The van der Waals surface area contributed by atoms with Crippen LogP contribution in [0.15, 0.2) is 0 Å². The third kappa shape index (κ3) is 9.77. The summed E-state index contributed by atoms with van der Waals surface area (Å²) in [6.45, 7) is 6.81. The molecule has 0 aromatic heterocycles. The van der Waals surface area contributed by atoms with Crippen LogP contribution in [-0.4, -0.2) is 12.6 Å². The highest BCUT2D eigenvalue weighted by molar-refractivity contribution is 5.69. The largest absolute Gasteiger partial charge is 0.466 e. The first-order valence-corrected chi connectivity index (χ1v) is 6.36. The Morgan fingerprint density at radius 1 is 1.13 bits per heavy atom. The van der Waals surface area contributed by atoms with E-state index in [0.29, 0.717) is 18.9 Å². The van der Waals surface area contributed by atoms with Crippen LogP contribution in [0.5, 0.6) is 0 Å². The maximum Gasteiger partial charge on any atom is 0.305 e. The summed E-state index contributed by atoms with van der Waals surface area (Å²) in [5.74, 6) is 0.615. The maximum absolute atomic E-state index is 11.1. The number of hydrogen-bond donors (Lipinski definition) is 0. The van der Waals surface area contributed by atoms with Crippen LogP contribution in [0.1, 0.15) is 65.7 Å². The zero-order chi connectivity index (χ0) is 11.5. The molecule has 0 bridgehead atoms. The van der Waals surface area contributed by atoms with Crippen molar-refractivity contribution in [1.82, 2.24) is 0 Å². The van der Waals surface area contributed by atoms with E-state index >= 15 is 0 Å². The Bertz CT molecular complexity index is 155. The van der Waals surface area contributed by atoms with Gasteiger partial charge in [-0.3, -0.25) is 4.79 Å². The van der Waals surface area contributed by atoms with E-state index in [-0.39, 0.29) is 5.97 Å². The molecule has 1 unspecified atom stereocenters. The Morgan fingerprint density at radius 2 is 1.87 bits per heavy atom. The fourth-order valence-corrected chi connectivity index (χ4v) is 1.66. The Balaban J connectivity index is 3.32. The van der Waals surface area contributed by atoms with Crippen molar-refractivity contribution in [3.63, 3.8) is 0 Å².